The molecule has 116 valence electrons. The minimum absolute atomic E-state index is 0.0162. The third kappa shape index (κ3) is 4.48. The summed E-state index contributed by atoms with van der Waals surface area (Å²) >= 11 is 0. The molecular formula is C12H16FN3O4S. The van der Waals surface area contributed by atoms with Crippen molar-refractivity contribution in [2.45, 2.75) is 13.0 Å². The summed E-state index contributed by atoms with van der Waals surface area (Å²) in [4.78, 5) is 22.2. The van der Waals surface area contributed by atoms with E-state index in [1.807, 2.05) is 0 Å². The van der Waals surface area contributed by atoms with Crippen molar-refractivity contribution >= 4 is 28.1 Å². The van der Waals surface area contributed by atoms with Crippen molar-refractivity contribution in [1.29, 1.82) is 0 Å². The lowest BCUT2D eigenvalue weighted by atomic mass is 10.1. The van der Waals surface area contributed by atoms with Crippen molar-refractivity contribution in [3.63, 3.8) is 0 Å². The molecule has 2 atom stereocenters. The van der Waals surface area contributed by atoms with Crippen LogP contribution in [0.15, 0.2) is 12.1 Å². The van der Waals surface area contributed by atoms with Gasteiger partial charge in [-0.1, -0.05) is 0 Å². The van der Waals surface area contributed by atoms with Crippen LogP contribution in [0.25, 0.3) is 0 Å². The monoisotopic (exact) mass is 317 g/mol. The summed E-state index contributed by atoms with van der Waals surface area (Å²) in [5, 5.41) is 16.0. The lowest BCUT2D eigenvalue weighted by Crippen LogP contribution is -2.36. The van der Waals surface area contributed by atoms with Gasteiger partial charge < -0.3 is 10.6 Å². The third-order valence-electron chi connectivity index (χ3n) is 2.66. The lowest BCUT2D eigenvalue weighted by molar-refractivity contribution is -0.385. The van der Waals surface area contributed by atoms with E-state index in [9.17, 15) is 23.5 Å². The van der Waals surface area contributed by atoms with E-state index in [2.05, 4.69) is 10.6 Å². The topological polar surface area (TPSA) is 101 Å². The molecule has 0 radical (unpaired) electrons. The molecule has 0 aliphatic heterocycles. The first-order chi connectivity index (χ1) is 9.76. The summed E-state index contributed by atoms with van der Waals surface area (Å²) in [5.74, 6) is -1.31. The van der Waals surface area contributed by atoms with Crippen molar-refractivity contribution in [3.8, 4) is 0 Å². The summed E-state index contributed by atoms with van der Waals surface area (Å²) in [7, 11) is 0.326. The Hall–Kier alpha value is -2.03. The Bertz CT molecular complexity index is 594. The Balaban J connectivity index is 3.12. The number of hydrogen-bond donors (Lipinski definition) is 2. The van der Waals surface area contributed by atoms with E-state index in [1.165, 1.54) is 13.3 Å². The van der Waals surface area contributed by atoms with Gasteiger partial charge in [0.1, 0.15) is 5.56 Å². The number of nitro benzene ring substituents is 1. The maximum atomic E-state index is 13.5. The second-order valence-corrected chi connectivity index (χ2v) is 5.95. The largest absolute Gasteiger partial charge is 0.386 e. The molecule has 0 spiro atoms. The first kappa shape index (κ1) is 17.0. The molecule has 0 heterocycles. The van der Waals surface area contributed by atoms with Crippen LogP contribution in [0.5, 0.6) is 0 Å². The van der Waals surface area contributed by atoms with Crippen LogP contribution in [-0.2, 0) is 10.8 Å². The zero-order valence-electron chi connectivity index (χ0n) is 11.8. The molecule has 0 aliphatic carbocycles. The van der Waals surface area contributed by atoms with E-state index < -0.39 is 39.2 Å². The first-order valence-electron chi connectivity index (χ1n) is 6.02. The van der Waals surface area contributed by atoms with Crippen LogP contribution in [0.3, 0.4) is 0 Å². The van der Waals surface area contributed by atoms with Crippen molar-refractivity contribution in [1.82, 2.24) is 5.32 Å². The van der Waals surface area contributed by atoms with E-state index in [-0.39, 0.29) is 17.0 Å². The molecule has 1 amide bonds. The minimum Gasteiger partial charge on any atom is -0.386 e. The van der Waals surface area contributed by atoms with Crippen molar-refractivity contribution in [2.75, 3.05) is 24.4 Å². The van der Waals surface area contributed by atoms with Crippen LogP contribution < -0.4 is 10.6 Å². The van der Waals surface area contributed by atoms with Gasteiger partial charge in [0.25, 0.3) is 11.6 Å². The van der Waals surface area contributed by atoms with Crippen molar-refractivity contribution in [2.24, 2.45) is 0 Å². The molecule has 2 unspecified atom stereocenters. The second-order valence-electron chi connectivity index (χ2n) is 4.47. The molecule has 2 N–H and O–H groups in total. The molecule has 1 aromatic carbocycles. The predicted molar refractivity (Wildman–Crippen MR) is 78.5 cm³/mol. The Morgan fingerprint density at radius 3 is 2.62 bits per heavy atom. The smallest absolute Gasteiger partial charge is 0.285 e. The quantitative estimate of drug-likeness (QED) is 0.608. The molecule has 7 nitrogen and oxygen atoms in total. The van der Waals surface area contributed by atoms with Crippen LogP contribution in [0.1, 0.15) is 17.3 Å². The first-order valence-corrected chi connectivity index (χ1v) is 7.75. The number of nitro groups is 1. The number of anilines is 1. The molecule has 0 saturated carbocycles. The zero-order chi connectivity index (χ0) is 16.2. The highest BCUT2D eigenvalue weighted by Crippen LogP contribution is 2.26. The summed E-state index contributed by atoms with van der Waals surface area (Å²) in [6.45, 7) is 1.63. The molecule has 0 aromatic heterocycles. The molecule has 0 saturated heterocycles. The van der Waals surface area contributed by atoms with Gasteiger partial charge in [0.05, 0.1) is 16.7 Å². The predicted octanol–water partition coefficient (Wildman–Crippen LogP) is 1.27. The average Bonchev–Trinajstić information content (AvgIpc) is 2.36. The number of carbonyl (C=O) groups excluding carboxylic acids is 1. The van der Waals surface area contributed by atoms with Gasteiger partial charge in [-0.2, -0.15) is 0 Å². The van der Waals surface area contributed by atoms with Crippen LogP contribution >= 0.6 is 0 Å². The number of hydrogen-bond acceptors (Lipinski definition) is 5. The minimum atomic E-state index is -1.11. The summed E-state index contributed by atoms with van der Waals surface area (Å²) in [6, 6.07) is 1.35. The van der Waals surface area contributed by atoms with Crippen LogP contribution in [0.4, 0.5) is 15.8 Å². The number of carbonyl (C=O) groups is 1. The summed E-state index contributed by atoms with van der Waals surface area (Å²) in [6.07, 6.45) is 1.49. The summed E-state index contributed by atoms with van der Waals surface area (Å²) < 4.78 is 24.6. The molecule has 0 bridgehead atoms. The van der Waals surface area contributed by atoms with E-state index in [4.69, 9.17) is 0 Å². The fourth-order valence-corrected chi connectivity index (χ4v) is 2.57. The number of halogens is 1. The van der Waals surface area contributed by atoms with Gasteiger partial charge in [0.15, 0.2) is 5.82 Å². The van der Waals surface area contributed by atoms with Crippen LogP contribution in [0, 0.1) is 15.9 Å². The van der Waals surface area contributed by atoms with Gasteiger partial charge >= 0.3 is 0 Å². The van der Waals surface area contributed by atoms with E-state index in [1.54, 1.807) is 6.92 Å². The Labute approximate surface area is 123 Å². The van der Waals surface area contributed by atoms with Gasteiger partial charge in [-0.05, 0) is 13.0 Å². The van der Waals surface area contributed by atoms with Gasteiger partial charge in [-0.3, -0.25) is 19.1 Å². The van der Waals surface area contributed by atoms with E-state index in [0.717, 1.165) is 6.07 Å². The van der Waals surface area contributed by atoms with Gasteiger partial charge in [-0.15, -0.1) is 0 Å². The molecule has 21 heavy (non-hydrogen) atoms. The highest BCUT2D eigenvalue weighted by Gasteiger charge is 2.24. The summed E-state index contributed by atoms with van der Waals surface area (Å²) in [5.41, 5.74) is -0.884. The Morgan fingerprint density at radius 1 is 1.52 bits per heavy atom. The SMILES string of the molecule is CNc1cc(C(=O)NC(C)CS(C)=O)c([N+](=O)[O-])cc1F. The van der Waals surface area contributed by atoms with Gasteiger partial charge in [0, 0.05) is 35.9 Å². The molecule has 0 aliphatic rings. The van der Waals surface area contributed by atoms with E-state index >= 15 is 0 Å². The second kappa shape index (κ2) is 7.11. The average molecular weight is 317 g/mol. The Morgan fingerprint density at radius 2 is 2.14 bits per heavy atom. The fourth-order valence-electron chi connectivity index (χ4n) is 1.78. The molecule has 0 fully saturated rings. The van der Waals surface area contributed by atoms with Crippen LogP contribution in [0.2, 0.25) is 0 Å². The lowest BCUT2D eigenvalue weighted by Gasteiger charge is -2.13. The maximum Gasteiger partial charge on any atom is 0.285 e. The third-order valence-corrected chi connectivity index (χ3v) is 3.63. The van der Waals surface area contributed by atoms with Crippen molar-refractivity contribution < 1.29 is 18.3 Å². The van der Waals surface area contributed by atoms with Crippen LogP contribution in [-0.4, -0.2) is 40.1 Å². The number of amides is 1. The Kier molecular flexibility index (Phi) is 5.77. The number of nitrogens with zero attached hydrogens (tertiary/aromatic N) is 1. The molecule has 1 aromatic rings. The number of benzene rings is 1. The van der Waals surface area contributed by atoms with Crippen molar-refractivity contribution in [3.05, 3.63) is 33.6 Å². The number of rotatable bonds is 6. The molecule has 1 rings (SSSR count). The molecule has 9 heteroatoms. The highest BCUT2D eigenvalue weighted by atomic mass is 32.2. The van der Waals surface area contributed by atoms with Gasteiger partial charge in [0.2, 0.25) is 0 Å². The maximum absolute atomic E-state index is 13.5. The highest BCUT2D eigenvalue weighted by molar-refractivity contribution is 7.84. The van der Waals surface area contributed by atoms with Gasteiger partial charge in [-0.25, -0.2) is 4.39 Å². The fraction of sp³-hybridized carbons (Fsp3) is 0.417. The molecular weight excluding hydrogens is 301 g/mol. The van der Waals surface area contributed by atoms with E-state index in [0.29, 0.717) is 6.07 Å². The normalized spacial score (nSPS) is 13.3. The standard InChI is InChI=1S/C12H16FN3O4S/c1-7(6-21(3)20)15-12(17)8-4-10(14-2)9(13)5-11(8)16(18)19/h4-5,7,14H,6H2,1-3H3,(H,15,17). The number of nitrogens with one attached hydrogen (secondary N) is 2. The zero-order valence-corrected chi connectivity index (χ0v) is 12.6.